The topological polar surface area (TPSA) is 80.9 Å². The van der Waals surface area contributed by atoms with Gasteiger partial charge in [-0.15, -0.1) is 11.3 Å². The van der Waals surface area contributed by atoms with Crippen LogP contribution < -0.4 is 5.32 Å². The Labute approximate surface area is 118 Å². The summed E-state index contributed by atoms with van der Waals surface area (Å²) in [5, 5.41) is 8.73. The Morgan fingerprint density at radius 1 is 1.35 bits per heavy atom. The predicted octanol–water partition coefficient (Wildman–Crippen LogP) is 2.75. The standard InChI is InChI=1S/C13H10N4O2S/c1-8-6-11(19-17-8)12(18)16-13-15-10(7-20-13)9-2-4-14-5-3-9/h2-7H,1H3,(H,15,16,18). The average Bonchev–Trinajstić information content (AvgIpc) is 3.09. The normalized spacial score (nSPS) is 10.4. The van der Waals surface area contributed by atoms with Crippen molar-refractivity contribution in [1.29, 1.82) is 0 Å². The number of thiazole rings is 1. The molecule has 1 N–H and O–H groups in total. The van der Waals surface area contributed by atoms with Crippen LogP contribution in [0.3, 0.4) is 0 Å². The Morgan fingerprint density at radius 3 is 2.85 bits per heavy atom. The molecule has 20 heavy (non-hydrogen) atoms. The largest absolute Gasteiger partial charge is 0.351 e. The van der Waals surface area contributed by atoms with Gasteiger partial charge < -0.3 is 4.52 Å². The molecule has 0 saturated heterocycles. The smallest absolute Gasteiger partial charge is 0.296 e. The second-order valence-electron chi connectivity index (χ2n) is 4.06. The lowest BCUT2D eigenvalue weighted by Gasteiger charge is -1.97. The molecule has 3 aromatic heterocycles. The van der Waals surface area contributed by atoms with Crippen molar-refractivity contribution >= 4 is 22.4 Å². The quantitative estimate of drug-likeness (QED) is 0.800. The maximum absolute atomic E-state index is 11.9. The lowest BCUT2D eigenvalue weighted by molar-refractivity contribution is 0.0988. The summed E-state index contributed by atoms with van der Waals surface area (Å²) in [4.78, 5) is 20.2. The SMILES string of the molecule is Cc1cc(C(=O)Nc2nc(-c3ccncc3)cs2)on1. The number of rotatable bonds is 3. The van der Waals surface area contributed by atoms with Crippen LogP contribution in [-0.2, 0) is 0 Å². The van der Waals surface area contributed by atoms with E-state index in [1.54, 1.807) is 25.4 Å². The van der Waals surface area contributed by atoms with Crippen molar-refractivity contribution in [2.24, 2.45) is 0 Å². The van der Waals surface area contributed by atoms with Gasteiger partial charge in [0.1, 0.15) is 0 Å². The lowest BCUT2D eigenvalue weighted by atomic mass is 10.2. The highest BCUT2D eigenvalue weighted by atomic mass is 32.1. The summed E-state index contributed by atoms with van der Waals surface area (Å²) < 4.78 is 4.90. The summed E-state index contributed by atoms with van der Waals surface area (Å²) in [5.74, 6) is -0.190. The van der Waals surface area contributed by atoms with Gasteiger partial charge in [-0.1, -0.05) is 5.16 Å². The predicted molar refractivity (Wildman–Crippen MR) is 74.5 cm³/mol. The third-order valence-electron chi connectivity index (χ3n) is 2.55. The average molecular weight is 286 g/mol. The third-order valence-corrected chi connectivity index (χ3v) is 3.31. The second-order valence-corrected chi connectivity index (χ2v) is 4.92. The minimum absolute atomic E-state index is 0.170. The van der Waals surface area contributed by atoms with Crippen LogP contribution in [0.1, 0.15) is 16.2 Å². The highest BCUT2D eigenvalue weighted by Gasteiger charge is 2.14. The van der Waals surface area contributed by atoms with Crippen LogP contribution in [0.4, 0.5) is 5.13 Å². The molecule has 7 heteroatoms. The molecule has 0 bridgehead atoms. The number of carbonyl (C=O) groups excluding carboxylic acids is 1. The second kappa shape index (κ2) is 5.22. The van der Waals surface area contributed by atoms with Gasteiger partial charge in [0.2, 0.25) is 5.76 Å². The van der Waals surface area contributed by atoms with E-state index < -0.39 is 0 Å². The molecule has 0 aromatic carbocycles. The molecule has 1 amide bonds. The van der Waals surface area contributed by atoms with E-state index in [2.05, 4.69) is 20.4 Å². The minimum atomic E-state index is -0.360. The van der Waals surface area contributed by atoms with Crippen LogP contribution in [0.25, 0.3) is 11.3 Å². The molecule has 0 aliphatic rings. The van der Waals surface area contributed by atoms with E-state index >= 15 is 0 Å². The molecule has 0 fully saturated rings. The number of pyridine rings is 1. The van der Waals surface area contributed by atoms with Crippen molar-refractivity contribution in [3.63, 3.8) is 0 Å². The summed E-state index contributed by atoms with van der Waals surface area (Å²) in [5.41, 5.74) is 2.40. The van der Waals surface area contributed by atoms with E-state index in [1.165, 1.54) is 11.3 Å². The fourth-order valence-corrected chi connectivity index (χ4v) is 2.33. The third kappa shape index (κ3) is 2.57. The molecule has 0 aliphatic heterocycles. The first-order valence-electron chi connectivity index (χ1n) is 5.83. The van der Waals surface area contributed by atoms with Crippen LogP contribution in [0, 0.1) is 6.92 Å². The minimum Gasteiger partial charge on any atom is -0.351 e. The van der Waals surface area contributed by atoms with Gasteiger partial charge in [-0.05, 0) is 19.1 Å². The first-order chi connectivity index (χ1) is 9.72. The zero-order valence-corrected chi connectivity index (χ0v) is 11.3. The number of aromatic nitrogens is 3. The van der Waals surface area contributed by atoms with E-state index in [0.29, 0.717) is 10.8 Å². The van der Waals surface area contributed by atoms with Crippen LogP contribution in [-0.4, -0.2) is 21.0 Å². The van der Waals surface area contributed by atoms with Gasteiger partial charge >= 0.3 is 0 Å². The molecule has 6 nitrogen and oxygen atoms in total. The van der Waals surface area contributed by atoms with Gasteiger partial charge in [-0.2, -0.15) is 0 Å². The van der Waals surface area contributed by atoms with Gasteiger partial charge in [0.25, 0.3) is 5.91 Å². The molecule has 0 aliphatic carbocycles. The lowest BCUT2D eigenvalue weighted by Crippen LogP contribution is -2.10. The van der Waals surface area contributed by atoms with E-state index in [9.17, 15) is 4.79 Å². The Kier molecular flexibility index (Phi) is 3.26. The van der Waals surface area contributed by atoms with E-state index in [4.69, 9.17) is 4.52 Å². The van der Waals surface area contributed by atoms with Crippen molar-refractivity contribution in [3.8, 4) is 11.3 Å². The summed E-state index contributed by atoms with van der Waals surface area (Å²) in [7, 11) is 0. The van der Waals surface area contributed by atoms with Crippen LogP contribution in [0.5, 0.6) is 0 Å². The summed E-state index contributed by atoms with van der Waals surface area (Å²) in [6.45, 7) is 1.76. The van der Waals surface area contributed by atoms with Crippen LogP contribution in [0.15, 0.2) is 40.5 Å². The maximum atomic E-state index is 11.9. The van der Waals surface area contributed by atoms with Gasteiger partial charge in [-0.25, -0.2) is 4.98 Å². The van der Waals surface area contributed by atoms with Crippen molar-refractivity contribution in [3.05, 3.63) is 47.4 Å². The molecule has 0 saturated carbocycles. The monoisotopic (exact) mass is 286 g/mol. The number of aryl methyl sites for hydroxylation is 1. The number of nitrogens with zero attached hydrogens (tertiary/aromatic N) is 3. The number of nitrogens with one attached hydrogen (secondary N) is 1. The van der Waals surface area contributed by atoms with Crippen molar-refractivity contribution < 1.29 is 9.32 Å². The zero-order valence-electron chi connectivity index (χ0n) is 10.5. The van der Waals surface area contributed by atoms with Crippen molar-refractivity contribution in [2.45, 2.75) is 6.92 Å². The van der Waals surface area contributed by atoms with Gasteiger partial charge in [0.15, 0.2) is 5.13 Å². The van der Waals surface area contributed by atoms with Gasteiger partial charge in [0.05, 0.1) is 11.4 Å². The summed E-state index contributed by atoms with van der Waals surface area (Å²) >= 11 is 1.35. The molecule has 0 radical (unpaired) electrons. The highest BCUT2D eigenvalue weighted by Crippen LogP contribution is 2.24. The fourth-order valence-electron chi connectivity index (χ4n) is 1.62. The Balaban J connectivity index is 1.76. The first kappa shape index (κ1) is 12.5. The number of hydrogen-bond acceptors (Lipinski definition) is 6. The molecule has 0 atom stereocenters. The summed E-state index contributed by atoms with van der Waals surface area (Å²) in [6, 6.07) is 5.30. The molecular formula is C13H10N4O2S. The first-order valence-corrected chi connectivity index (χ1v) is 6.71. The molecule has 3 heterocycles. The number of hydrogen-bond donors (Lipinski definition) is 1. The molecular weight excluding hydrogens is 276 g/mol. The molecule has 0 spiro atoms. The van der Waals surface area contributed by atoms with Crippen molar-refractivity contribution in [1.82, 2.24) is 15.1 Å². The Bertz CT molecular complexity index is 736. The van der Waals surface area contributed by atoms with E-state index in [-0.39, 0.29) is 11.7 Å². The van der Waals surface area contributed by atoms with Gasteiger partial charge in [0, 0.05) is 29.4 Å². The van der Waals surface area contributed by atoms with Gasteiger partial charge in [-0.3, -0.25) is 15.1 Å². The number of amides is 1. The van der Waals surface area contributed by atoms with Crippen LogP contribution in [0.2, 0.25) is 0 Å². The number of anilines is 1. The molecule has 0 unspecified atom stereocenters. The Morgan fingerprint density at radius 2 is 2.15 bits per heavy atom. The summed E-state index contributed by atoms with van der Waals surface area (Å²) in [6.07, 6.45) is 3.40. The molecule has 3 rings (SSSR count). The van der Waals surface area contributed by atoms with Crippen molar-refractivity contribution in [2.75, 3.05) is 5.32 Å². The maximum Gasteiger partial charge on any atom is 0.296 e. The van der Waals surface area contributed by atoms with E-state index in [0.717, 1.165) is 11.3 Å². The fraction of sp³-hybridized carbons (Fsp3) is 0.0769. The Hall–Kier alpha value is -2.54. The molecule has 100 valence electrons. The highest BCUT2D eigenvalue weighted by molar-refractivity contribution is 7.14. The van der Waals surface area contributed by atoms with Crippen LogP contribution >= 0.6 is 11.3 Å². The van der Waals surface area contributed by atoms with E-state index in [1.807, 2.05) is 17.5 Å². The zero-order chi connectivity index (χ0) is 13.9. The number of carbonyl (C=O) groups is 1. The molecule has 3 aromatic rings.